The van der Waals surface area contributed by atoms with Crippen LogP contribution in [-0.2, 0) is 42.7 Å². The van der Waals surface area contributed by atoms with Gasteiger partial charge in [-0.15, -0.1) is 0 Å². The minimum atomic E-state index is -1.75. The van der Waals surface area contributed by atoms with E-state index in [4.69, 9.17) is 37.9 Å². The van der Waals surface area contributed by atoms with Crippen LogP contribution in [0, 0.1) is 52.3 Å². The molecule has 28 atom stereocenters. The van der Waals surface area contributed by atoms with Gasteiger partial charge < -0.3 is 83.9 Å². The van der Waals surface area contributed by atoms with Crippen LogP contribution in [0.15, 0.2) is 0 Å². The number of carbonyl (C=O) groups is 1. The van der Waals surface area contributed by atoms with Crippen molar-refractivity contribution in [3.8, 4) is 0 Å². The van der Waals surface area contributed by atoms with E-state index in [1.807, 2.05) is 0 Å². The van der Waals surface area contributed by atoms with Gasteiger partial charge >= 0.3 is 5.97 Å². The Morgan fingerprint density at radius 1 is 0.635 bits per heavy atom. The molecular formula is C45H72O18. The first-order valence-corrected chi connectivity index (χ1v) is 23.6. The number of aliphatic hydroxyl groups excluding tert-OH is 9. The van der Waals surface area contributed by atoms with Gasteiger partial charge in [-0.3, -0.25) is 4.79 Å². The maximum absolute atomic E-state index is 12.8. The lowest BCUT2D eigenvalue weighted by atomic mass is 9.44. The molecule has 0 aromatic heterocycles. The first-order chi connectivity index (χ1) is 29.7. The average Bonchev–Trinajstić information content (AvgIpc) is 3.70. The van der Waals surface area contributed by atoms with Crippen LogP contribution in [0.4, 0.5) is 0 Å². The van der Waals surface area contributed by atoms with Crippen LogP contribution in [0.5, 0.6) is 0 Å². The molecule has 5 saturated heterocycles. The van der Waals surface area contributed by atoms with E-state index < -0.39 is 111 Å². The number of hydrogen-bond donors (Lipinski definition) is 9. The van der Waals surface area contributed by atoms with Gasteiger partial charge in [0.25, 0.3) is 0 Å². The van der Waals surface area contributed by atoms with Crippen LogP contribution in [-0.4, -0.2) is 175 Å². The number of ether oxygens (including phenoxy) is 8. The van der Waals surface area contributed by atoms with Crippen LogP contribution in [0.2, 0.25) is 0 Å². The Kier molecular flexibility index (Phi) is 12.7. The molecule has 1 spiro atoms. The molecule has 63 heavy (non-hydrogen) atoms. The van der Waals surface area contributed by atoms with Crippen molar-refractivity contribution in [2.45, 2.75) is 216 Å². The lowest BCUT2D eigenvalue weighted by Crippen LogP contribution is -2.67. The van der Waals surface area contributed by atoms with Crippen molar-refractivity contribution in [3.63, 3.8) is 0 Å². The third kappa shape index (κ3) is 7.47. The highest BCUT2D eigenvalue weighted by Gasteiger charge is 2.72. The molecule has 360 valence electrons. The standard InChI is InChI=1S/C45H72O18/c1-17-13-28(47)45(63-39(17)55)18(2)29-26(62-45)15-25-23-8-7-21-14-22(9-11-43(21,5)24(23)10-12-44(25,29)6)58-42-38(61-41-36(54)34(52)31(49)20(4)57-41)37(32(50)27(16-46)59-42)60-40-35(53)33(51)30(48)19(3)56-40/h17-38,40-42,46-54H,7-16H2,1-6H3/t17-,18?,19+,20+,21+,22+,23-,24+,25+,26+,27-,28+,29+,30+,31+,32-,33-,34-,35-,36-,37+,38-,40+,41+,42+,43+,44+,45?/m1/s1. The van der Waals surface area contributed by atoms with Crippen molar-refractivity contribution in [1.29, 1.82) is 0 Å². The van der Waals surface area contributed by atoms with Crippen molar-refractivity contribution in [2.24, 2.45) is 52.3 Å². The highest BCUT2D eigenvalue weighted by molar-refractivity contribution is 5.73. The number of hydrogen-bond acceptors (Lipinski definition) is 18. The average molecular weight is 901 g/mol. The minimum absolute atomic E-state index is 0.0171. The van der Waals surface area contributed by atoms with Crippen LogP contribution in [0.1, 0.15) is 99.3 Å². The fourth-order valence-electron chi connectivity index (χ4n) is 14.6. The van der Waals surface area contributed by atoms with E-state index in [-0.39, 0.29) is 46.8 Å². The summed E-state index contributed by atoms with van der Waals surface area (Å²) >= 11 is 0. The molecule has 5 aliphatic heterocycles. The fourth-order valence-corrected chi connectivity index (χ4v) is 14.6. The van der Waals surface area contributed by atoms with Gasteiger partial charge in [0.1, 0.15) is 67.1 Å². The molecule has 4 saturated carbocycles. The Labute approximate surface area is 368 Å². The van der Waals surface area contributed by atoms with E-state index in [2.05, 4.69) is 20.8 Å². The molecule has 0 bridgehead atoms. The molecule has 9 N–H and O–H groups in total. The maximum Gasteiger partial charge on any atom is 0.311 e. The van der Waals surface area contributed by atoms with Crippen molar-refractivity contribution in [1.82, 2.24) is 0 Å². The summed E-state index contributed by atoms with van der Waals surface area (Å²) in [6.45, 7) is 11.0. The molecule has 4 aliphatic carbocycles. The molecule has 9 rings (SSSR count). The van der Waals surface area contributed by atoms with E-state index in [9.17, 15) is 50.8 Å². The van der Waals surface area contributed by atoms with Crippen LogP contribution in [0.3, 0.4) is 0 Å². The molecule has 0 radical (unpaired) electrons. The molecule has 9 aliphatic rings. The molecule has 5 heterocycles. The first-order valence-electron chi connectivity index (χ1n) is 23.6. The third-order valence-corrected chi connectivity index (χ3v) is 18.2. The second-order valence-corrected chi connectivity index (χ2v) is 21.5. The Morgan fingerprint density at radius 2 is 1.25 bits per heavy atom. The fraction of sp³-hybridized carbons (Fsp3) is 0.978. The van der Waals surface area contributed by atoms with Crippen molar-refractivity contribution < 1.29 is 88.6 Å². The summed E-state index contributed by atoms with van der Waals surface area (Å²) < 4.78 is 49.7. The summed E-state index contributed by atoms with van der Waals surface area (Å²) in [4.78, 5) is 12.8. The van der Waals surface area contributed by atoms with E-state index >= 15 is 0 Å². The number of esters is 1. The Balaban J connectivity index is 0.919. The molecule has 0 amide bonds. The second-order valence-electron chi connectivity index (χ2n) is 21.5. The van der Waals surface area contributed by atoms with Gasteiger partial charge in [-0.1, -0.05) is 27.7 Å². The van der Waals surface area contributed by atoms with Crippen molar-refractivity contribution >= 4 is 5.97 Å². The summed E-state index contributed by atoms with van der Waals surface area (Å²) in [5.74, 6) is -0.251. The third-order valence-electron chi connectivity index (χ3n) is 18.2. The number of fused-ring (bicyclic) bond motifs is 7. The Hall–Kier alpha value is -1.17. The van der Waals surface area contributed by atoms with Crippen molar-refractivity contribution in [3.05, 3.63) is 0 Å². The number of carbonyl (C=O) groups excluding carboxylic acids is 1. The predicted molar refractivity (Wildman–Crippen MR) is 214 cm³/mol. The highest BCUT2D eigenvalue weighted by Crippen LogP contribution is 2.71. The normalized spacial score (nSPS) is 59.3. The summed E-state index contributed by atoms with van der Waals surface area (Å²) in [5, 5.41) is 97.2. The summed E-state index contributed by atoms with van der Waals surface area (Å²) in [7, 11) is 0. The number of aliphatic hydroxyl groups is 9. The lowest BCUT2D eigenvalue weighted by Gasteiger charge is -2.61. The van der Waals surface area contributed by atoms with Crippen LogP contribution >= 0.6 is 0 Å². The summed E-state index contributed by atoms with van der Waals surface area (Å²) in [5.41, 5.74) is -0.00730. The molecule has 9 fully saturated rings. The predicted octanol–water partition coefficient (Wildman–Crippen LogP) is -0.181. The summed E-state index contributed by atoms with van der Waals surface area (Å²) in [6.07, 6.45) is -15.7. The van der Waals surface area contributed by atoms with E-state index in [1.165, 1.54) is 13.8 Å². The van der Waals surface area contributed by atoms with Crippen LogP contribution < -0.4 is 0 Å². The van der Waals surface area contributed by atoms with E-state index in [0.717, 1.165) is 38.5 Å². The second kappa shape index (κ2) is 17.1. The highest BCUT2D eigenvalue weighted by atomic mass is 16.8. The molecule has 18 nitrogen and oxygen atoms in total. The maximum atomic E-state index is 12.8. The Bertz CT molecular complexity index is 1660. The van der Waals surface area contributed by atoms with E-state index in [0.29, 0.717) is 42.9 Å². The van der Waals surface area contributed by atoms with Gasteiger partial charge in [-0.05, 0) is 112 Å². The zero-order chi connectivity index (χ0) is 45.2. The first kappa shape index (κ1) is 46.9. The van der Waals surface area contributed by atoms with Gasteiger partial charge in [0.2, 0.25) is 5.79 Å². The molecule has 0 aromatic carbocycles. The van der Waals surface area contributed by atoms with Gasteiger partial charge in [-0.2, -0.15) is 0 Å². The van der Waals surface area contributed by atoms with E-state index in [1.54, 1.807) is 6.92 Å². The zero-order valence-electron chi connectivity index (χ0n) is 37.2. The number of rotatable bonds is 7. The smallest absolute Gasteiger partial charge is 0.311 e. The topological polar surface area (TPSA) is 273 Å². The van der Waals surface area contributed by atoms with Crippen LogP contribution in [0.25, 0.3) is 0 Å². The Morgan fingerprint density at radius 3 is 1.89 bits per heavy atom. The zero-order valence-corrected chi connectivity index (χ0v) is 37.2. The van der Waals surface area contributed by atoms with Gasteiger partial charge in [0, 0.05) is 5.92 Å². The molecule has 2 unspecified atom stereocenters. The monoisotopic (exact) mass is 900 g/mol. The quantitative estimate of drug-likeness (QED) is 0.118. The summed E-state index contributed by atoms with van der Waals surface area (Å²) in [6, 6.07) is 0. The SMILES string of the molecule is CC1[C@H]2[C@H](C[C@H]3[C@@H]4CC[C@H]5C[C@@H](O[C@H]6O[C@H](CO)[C@@H](O)[C@H](O[C@@H]7O[C@@H](C)[C@H](O)[C@@H](O)[C@H]7O)[C@H]6O[C@@H]6O[C@@H](C)[C@H](O)[C@@H](O)[C@H]6O)CC[C@]5(C)[C@H]4CC[C@@]32C)OC12OC(=O)[C@H](C)C[C@@H]2O. The minimum Gasteiger partial charge on any atom is -0.430 e. The molecule has 0 aromatic rings. The molecule has 18 heteroatoms. The van der Waals surface area contributed by atoms with Crippen molar-refractivity contribution in [2.75, 3.05) is 6.61 Å². The molecular weight excluding hydrogens is 828 g/mol. The van der Waals surface area contributed by atoms with Gasteiger partial charge in [0.15, 0.2) is 18.9 Å². The van der Waals surface area contributed by atoms with Gasteiger partial charge in [-0.25, -0.2) is 0 Å². The largest absolute Gasteiger partial charge is 0.430 e. The van der Waals surface area contributed by atoms with Gasteiger partial charge in [0.05, 0.1) is 36.9 Å². The lowest BCUT2D eigenvalue weighted by molar-refractivity contribution is -0.394.